The van der Waals surface area contributed by atoms with Crippen LogP contribution in [0.1, 0.15) is 16.1 Å². The smallest absolute Gasteiger partial charge is 0.352 e. The van der Waals surface area contributed by atoms with Crippen molar-refractivity contribution < 1.29 is 19.5 Å². The summed E-state index contributed by atoms with van der Waals surface area (Å²) in [6.45, 7) is 0.0185. The molecule has 27 heavy (non-hydrogen) atoms. The minimum Gasteiger partial charge on any atom is -0.477 e. The molecule has 0 spiro atoms. The average Bonchev–Trinajstić information content (AvgIpc) is 3.17. The molecule has 4 rings (SSSR count). The first-order valence-electron chi connectivity index (χ1n) is 7.92. The molecule has 0 atom stereocenters. The highest BCUT2D eigenvalue weighted by atomic mass is 35.5. The normalized spacial score (nSPS) is 15.9. The maximum Gasteiger partial charge on any atom is 0.352 e. The van der Waals surface area contributed by atoms with Crippen LogP contribution in [-0.4, -0.2) is 28.6 Å². The van der Waals surface area contributed by atoms with E-state index in [1.54, 1.807) is 30.3 Å². The van der Waals surface area contributed by atoms with Crippen molar-refractivity contribution in [1.82, 2.24) is 4.98 Å². The number of nitrogens with zero attached hydrogens (tertiary/aromatic N) is 1. The van der Waals surface area contributed by atoms with Gasteiger partial charge in [-0.3, -0.25) is 9.63 Å². The molecule has 1 amide bonds. The number of halogens is 2. The SMILES string of the molecule is O=C(O)c1[nH]c2cc(Cl)cc(Cl)c2c1C=C1CON(c2ccccc2)C1=O. The molecule has 0 bridgehead atoms. The Balaban J connectivity index is 1.82. The summed E-state index contributed by atoms with van der Waals surface area (Å²) < 4.78 is 0. The summed E-state index contributed by atoms with van der Waals surface area (Å²) in [5.74, 6) is -1.53. The summed E-state index contributed by atoms with van der Waals surface area (Å²) in [4.78, 5) is 32.7. The lowest BCUT2D eigenvalue weighted by atomic mass is 10.1. The Morgan fingerprint density at radius 3 is 2.67 bits per heavy atom. The number of benzene rings is 2. The van der Waals surface area contributed by atoms with E-state index in [-0.39, 0.29) is 18.2 Å². The zero-order valence-electron chi connectivity index (χ0n) is 13.7. The molecule has 1 fully saturated rings. The molecule has 0 aliphatic carbocycles. The number of para-hydroxylation sites is 1. The molecule has 0 unspecified atom stereocenters. The average molecular weight is 403 g/mol. The van der Waals surface area contributed by atoms with Gasteiger partial charge in [0.25, 0.3) is 5.91 Å². The maximum atomic E-state index is 12.7. The van der Waals surface area contributed by atoms with Crippen molar-refractivity contribution in [2.75, 3.05) is 11.7 Å². The molecule has 2 N–H and O–H groups in total. The number of nitrogens with one attached hydrogen (secondary N) is 1. The Morgan fingerprint density at radius 1 is 1.22 bits per heavy atom. The number of H-pyrrole nitrogens is 1. The number of hydrogen-bond acceptors (Lipinski definition) is 3. The molecule has 0 saturated carbocycles. The first-order valence-corrected chi connectivity index (χ1v) is 8.68. The van der Waals surface area contributed by atoms with Gasteiger partial charge in [-0.2, -0.15) is 5.06 Å². The molecule has 1 saturated heterocycles. The van der Waals surface area contributed by atoms with Crippen LogP contribution < -0.4 is 5.06 Å². The molecule has 1 aromatic heterocycles. The number of anilines is 1. The van der Waals surface area contributed by atoms with Gasteiger partial charge in [0.15, 0.2) is 0 Å². The van der Waals surface area contributed by atoms with Crippen LogP contribution in [0.2, 0.25) is 10.0 Å². The summed E-state index contributed by atoms with van der Waals surface area (Å²) in [5, 5.41) is 11.9. The van der Waals surface area contributed by atoms with Crippen LogP contribution in [0.15, 0.2) is 48.0 Å². The molecule has 2 aromatic carbocycles. The molecular formula is C19H12Cl2N2O4. The van der Waals surface area contributed by atoms with E-state index < -0.39 is 5.97 Å². The number of carbonyl (C=O) groups is 2. The highest BCUT2D eigenvalue weighted by Gasteiger charge is 2.30. The molecule has 2 heterocycles. The summed E-state index contributed by atoms with van der Waals surface area (Å²) in [6, 6.07) is 12.0. The summed E-state index contributed by atoms with van der Waals surface area (Å²) in [5.41, 5.74) is 1.61. The third-order valence-electron chi connectivity index (χ3n) is 4.18. The molecular weight excluding hydrogens is 391 g/mol. The number of carboxylic acid groups (broad SMARTS) is 1. The van der Waals surface area contributed by atoms with Crippen molar-refractivity contribution >= 4 is 57.7 Å². The van der Waals surface area contributed by atoms with Crippen LogP contribution in [0.5, 0.6) is 0 Å². The number of aromatic nitrogens is 1. The lowest BCUT2D eigenvalue weighted by Gasteiger charge is -2.12. The van der Waals surface area contributed by atoms with Crippen molar-refractivity contribution in [3.8, 4) is 0 Å². The summed E-state index contributed by atoms with van der Waals surface area (Å²) in [6.07, 6.45) is 1.49. The van der Waals surface area contributed by atoms with Crippen LogP contribution in [0.25, 0.3) is 17.0 Å². The van der Waals surface area contributed by atoms with Gasteiger partial charge in [-0.05, 0) is 30.3 Å². The van der Waals surface area contributed by atoms with Gasteiger partial charge in [-0.25, -0.2) is 4.79 Å². The van der Waals surface area contributed by atoms with E-state index in [9.17, 15) is 14.7 Å². The number of carboxylic acids is 1. The van der Waals surface area contributed by atoms with Gasteiger partial charge >= 0.3 is 5.97 Å². The lowest BCUT2D eigenvalue weighted by Crippen LogP contribution is -2.22. The molecule has 8 heteroatoms. The molecule has 0 radical (unpaired) electrons. The van der Waals surface area contributed by atoms with Crippen LogP contribution in [-0.2, 0) is 9.63 Å². The van der Waals surface area contributed by atoms with Crippen molar-refractivity contribution in [2.45, 2.75) is 0 Å². The van der Waals surface area contributed by atoms with E-state index in [1.807, 2.05) is 6.07 Å². The fraction of sp³-hybridized carbons (Fsp3) is 0.0526. The second-order valence-corrected chi connectivity index (χ2v) is 6.75. The second-order valence-electron chi connectivity index (χ2n) is 5.91. The predicted octanol–water partition coefficient (Wildman–Crippen LogP) is 4.53. The number of carbonyl (C=O) groups excluding carboxylic acids is 1. The summed E-state index contributed by atoms with van der Waals surface area (Å²) >= 11 is 12.3. The first kappa shape index (κ1) is 17.6. The van der Waals surface area contributed by atoms with Crippen molar-refractivity contribution in [3.63, 3.8) is 0 Å². The Hall–Kier alpha value is -2.80. The summed E-state index contributed by atoms with van der Waals surface area (Å²) in [7, 11) is 0. The van der Waals surface area contributed by atoms with Crippen molar-refractivity contribution in [1.29, 1.82) is 0 Å². The standard InChI is InChI=1S/C19H12Cl2N2O4/c20-11-7-14(21)16-13(17(19(25)26)22-15(16)8-11)6-10-9-27-23(18(10)24)12-4-2-1-3-5-12/h1-8,22H,9H2,(H,25,26). The van der Waals surface area contributed by atoms with E-state index in [0.717, 1.165) is 0 Å². The van der Waals surface area contributed by atoms with Crippen molar-refractivity contribution in [2.24, 2.45) is 0 Å². The lowest BCUT2D eigenvalue weighted by molar-refractivity contribution is -0.117. The number of fused-ring (bicyclic) bond motifs is 1. The minimum atomic E-state index is -1.17. The number of aromatic carboxylic acids is 1. The molecule has 6 nitrogen and oxygen atoms in total. The Kier molecular flexibility index (Phi) is 4.39. The topological polar surface area (TPSA) is 82.6 Å². The van der Waals surface area contributed by atoms with Crippen LogP contribution in [0, 0.1) is 0 Å². The largest absolute Gasteiger partial charge is 0.477 e. The van der Waals surface area contributed by atoms with Gasteiger partial charge < -0.3 is 10.1 Å². The van der Waals surface area contributed by atoms with Gasteiger partial charge in [0.1, 0.15) is 12.3 Å². The zero-order chi connectivity index (χ0) is 19.1. The molecule has 136 valence electrons. The quantitative estimate of drug-likeness (QED) is 0.630. The first-order chi connectivity index (χ1) is 13.0. The fourth-order valence-electron chi connectivity index (χ4n) is 3.00. The third-order valence-corrected chi connectivity index (χ3v) is 4.70. The maximum absolute atomic E-state index is 12.7. The minimum absolute atomic E-state index is 0.0185. The number of hydrogen-bond donors (Lipinski definition) is 2. The Labute approximate surface area is 163 Å². The van der Waals surface area contributed by atoms with E-state index in [1.165, 1.54) is 17.2 Å². The number of rotatable bonds is 3. The number of hydroxylamine groups is 1. The van der Waals surface area contributed by atoms with E-state index in [2.05, 4.69) is 4.98 Å². The molecule has 1 aliphatic heterocycles. The Morgan fingerprint density at radius 2 is 1.96 bits per heavy atom. The highest BCUT2D eigenvalue weighted by molar-refractivity contribution is 6.39. The zero-order valence-corrected chi connectivity index (χ0v) is 15.2. The van der Waals surface area contributed by atoms with Gasteiger partial charge in [-0.15, -0.1) is 0 Å². The highest BCUT2D eigenvalue weighted by Crippen LogP contribution is 2.35. The number of aromatic amines is 1. The third kappa shape index (κ3) is 3.08. The van der Waals surface area contributed by atoms with Crippen molar-refractivity contribution in [3.05, 3.63) is 69.3 Å². The Bertz CT molecular complexity index is 1110. The number of amides is 1. The van der Waals surface area contributed by atoms with Gasteiger partial charge in [-0.1, -0.05) is 41.4 Å². The van der Waals surface area contributed by atoms with Crippen LogP contribution in [0.3, 0.4) is 0 Å². The fourth-order valence-corrected chi connectivity index (χ4v) is 3.60. The molecule has 3 aromatic rings. The van der Waals surface area contributed by atoms with Gasteiger partial charge in [0, 0.05) is 27.1 Å². The second kappa shape index (κ2) is 6.74. The van der Waals surface area contributed by atoms with Crippen LogP contribution >= 0.6 is 23.2 Å². The van der Waals surface area contributed by atoms with E-state index >= 15 is 0 Å². The monoisotopic (exact) mass is 402 g/mol. The molecule has 1 aliphatic rings. The predicted molar refractivity (Wildman–Crippen MR) is 103 cm³/mol. The van der Waals surface area contributed by atoms with Crippen LogP contribution in [0.4, 0.5) is 5.69 Å². The van der Waals surface area contributed by atoms with E-state index in [4.69, 9.17) is 28.0 Å². The van der Waals surface area contributed by atoms with Gasteiger partial charge in [0.2, 0.25) is 0 Å². The van der Waals surface area contributed by atoms with Gasteiger partial charge in [0.05, 0.1) is 10.7 Å². The van der Waals surface area contributed by atoms with E-state index in [0.29, 0.717) is 37.8 Å².